The highest BCUT2D eigenvalue weighted by Gasteiger charge is 2.34. The van der Waals surface area contributed by atoms with E-state index in [1.54, 1.807) is 7.05 Å². The summed E-state index contributed by atoms with van der Waals surface area (Å²) in [5.41, 5.74) is 0.564. The molecule has 1 aliphatic rings. The zero-order valence-corrected chi connectivity index (χ0v) is 7.81. The number of likely N-dealkylation sites (N-methyl/N-ethyl adjacent to an activating group) is 1. The Morgan fingerprint density at radius 3 is 2.75 bits per heavy atom. The van der Waals surface area contributed by atoms with Crippen molar-refractivity contribution in [2.24, 2.45) is 0 Å². The fourth-order valence-electron chi connectivity index (χ4n) is 1.45. The number of cyclic esters (lactones) is 1. The van der Waals surface area contributed by atoms with E-state index in [-0.39, 0.29) is 5.97 Å². The number of allylic oxidation sites excluding steroid dienone is 1. The molecule has 1 aliphatic heterocycles. The summed E-state index contributed by atoms with van der Waals surface area (Å²) in [6, 6.07) is 0. The number of carbonyl (C=O) groups is 1. The van der Waals surface area contributed by atoms with E-state index >= 15 is 0 Å². The van der Waals surface area contributed by atoms with Gasteiger partial charge >= 0.3 is 5.97 Å². The molecule has 1 rings (SSSR count). The molecule has 0 spiro atoms. The average molecular weight is 169 g/mol. The number of esters is 1. The summed E-state index contributed by atoms with van der Waals surface area (Å²) in [6.07, 6.45) is 3.30. The molecule has 1 unspecified atom stereocenters. The molecule has 0 radical (unpaired) electrons. The van der Waals surface area contributed by atoms with Crippen LogP contribution in [0.2, 0.25) is 0 Å². The Labute approximate surface area is 72.8 Å². The van der Waals surface area contributed by atoms with Crippen molar-refractivity contribution < 1.29 is 9.53 Å². The van der Waals surface area contributed by atoms with Crippen LogP contribution in [0.4, 0.5) is 0 Å². The van der Waals surface area contributed by atoms with Gasteiger partial charge in [0.1, 0.15) is 0 Å². The minimum absolute atomic E-state index is 0.127. The van der Waals surface area contributed by atoms with Crippen LogP contribution in [0.25, 0.3) is 0 Å². The van der Waals surface area contributed by atoms with E-state index in [0.29, 0.717) is 6.42 Å². The third kappa shape index (κ3) is 1.50. The van der Waals surface area contributed by atoms with Crippen molar-refractivity contribution in [3.63, 3.8) is 0 Å². The van der Waals surface area contributed by atoms with E-state index in [4.69, 9.17) is 4.74 Å². The highest BCUT2D eigenvalue weighted by Crippen LogP contribution is 2.27. The number of nitrogens with one attached hydrogen (secondary N) is 1. The molecule has 1 fully saturated rings. The summed E-state index contributed by atoms with van der Waals surface area (Å²) in [5.74, 6) is -0.127. The normalized spacial score (nSPS) is 33.6. The summed E-state index contributed by atoms with van der Waals surface area (Å²) in [5, 5.41) is 3.00. The van der Waals surface area contributed by atoms with Crippen LogP contribution in [-0.4, -0.2) is 18.7 Å². The second-order valence-electron chi connectivity index (χ2n) is 3.07. The summed E-state index contributed by atoms with van der Waals surface area (Å²) in [4.78, 5) is 11.0. The Hall–Kier alpha value is -0.830. The summed E-state index contributed by atoms with van der Waals surface area (Å²) >= 11 is 0. The molecule has 0 aromatic carbocycles. The molecule has 0 aliphatic carbocycles. The quantitative estimate of drug-likeness (QED) is 0.473. The maximum absolute atomic E-state index is 11.0. The molecule has 68 valence electrons. The van der Waals surface area contributed by atoms with Gasteiger partial charge in [0, 0.05) is 6.42 Å². The van der Waals surface area contributed by atoms with Crippen molar-refractivity contribution in [3.8, 4) is 0 Å². The van der Waals surface area contributed by atoms with Crippen LogP contribution in [0, 0.1) is 0 Å². The van der Waals surface area contributed by atoms with E-state index < -0.39 is 5.72 Å². The predicted molar refractivity (Wildman–Crippen MR) is 46.5 cm³/mol. The molecule has 0 aromatic heterocycles. The Bertz CT molecular complexity index is 223. The number of rotatable bonds is 1. The lowest BCUT2D eigenvalue weighted by molar-refractivity contribution is -0.161. The van der Waals surface area contributed by atoms with Gasteiger partial charge in [0.2, 0.25) is 0 Å². The van der Waals surface area contributed by atoms with Crippen molar-refractivity contribution in [1.29, 1.82) is 0 Å². The first-order chi connectivity index (χ1) is 5.62. The van der Waals surface area contributed by atoms with Crippen molar-refractivity contribution in [3.05, 3.63) is 11.6 Å². The third-order valence-electron chi connectivity index (χ3n) is 2.35. The van der Waals surface area contributed by atoms with Gasteiger partial charge in [-0.05, 0) is 32.9 Å². The lowest BCUT2D eigenvalue weighted by atomic mass is 9.96. The molecule has 0 aromatic rings. The fraction of sp³-hybridized carbons (Fsp3) is 0.667. The first kappa shape index (κ1) is 9.26. The first-order valence-corrected chi connectivity index (χ1v) is 4.19. The molecule has 12 heavy (non-hydrogen) atoms. The van der Waals surface area contributed by atoms with Gasteiger partial charge in [-0.15, -0.1) is 0 Å². The Morgan fingerprint density at radius 1 is 1.58 bits per heavy atom. The molecule has 1 heterocycles. The SMILES string of the molecule is C/C=C1\CCC(=O)OC1(C)NC. The average Bonchev–Trinajstić information content (AvgIpc) is 2.05. The van der Waals surface area contributed by atoms with Gasteiger partial charge in [-0.1, -0.05) is 6.08 Å². The topological polar surface area (TPSA) is 38.3 Å². The van der Waals surface area contributed by atoms with Crippen LogP contribution in [-0.2, 0) is 9.53 Å². The van der Waals surface area contributed by atoms with Crippen LogP contribution in [0.1, 0.15) is 26.7 Å². The molecule has 0 saturated carbocycles. The van der Waals surface area contributed by atoms with Gasteiger partial charge in [-0.3, -0.25) is 10.1 Å². The first-order valence-electron chi connectivity index (χ1n) is 4.19. The highest BCUT2D eigenvalue weighted by molar-refractivity contribution is 5.72. The van der Waals surface area contributed by atoms with Gasteiger partial charge in [0.25, 0.3) is 0 Å². The number of hydrogen-bond acceptors (Lipinski definition) is 3. The van der Waals surface area contributed by atoms with Crippen LogP contribution in [0.3, 0.4) is 0 Å². The largest absolute Gasteiger partial charge is 0.440 e. The lowest BCUT2D eigenvalue weighted by Crippen LogP contribution is -2.48. The van der Waals surface area contributed by atoms with Crippen LogP contribution in [0.5, 0.6) is 0 Å². The molecular weight excluding hydrogens is 154 g/mol. The molecule has 1 saturated heterocycles. The molecular formula is C9H15NO2. The minimum atomic E-state index is -0.579. The van der Waals surface area contributed by atoms with Gasteiger partial charge in [0.05, 0.1) is 0 Å². The minimum Gasteiger partial charge on any atom is -0.440 e. The maximum Gasteiger partial charge on any atom is 0.308 e. The van der Waals surface area contributed by atoms with Gasteiger partial charge in [-0.25, -0.2) is 0 Å². The predicted octanol–water partition coefficient (Wildman–Crippen LogP) is 1.21. The molecule has 0 bridgehead atoms. The van der Waals surface area contributed by atoms with Crippen molar-refractivity contribution in [1.82, 2.24) is 5.32 Å². The molecule has 1 N–H and O–H groups in total. The van der Waals surface area contributed by atoms with Crippen LogP contribution < -0.4 is 5.32 Å². The zero-order valence-electron chi connectivity index (χ0n) is 7.81. The van der Waals surface area contributed by atoms with Gasteiger partial charge in [-0.2, -0.15) is 0 Å². The van der Waals surface area contributed by atoms with E-state index in [2.05, 4.69) is 5.32 Å². The highest BCUT2D eigenvalue weighted by atomic mass is 16.6. The summed E-state index contributed by atoms with van der Waals surface area (Å²) < 4.78 is 5.21. The fourth-order valence-corrected chi connectivity index (χ4v) is 1.45. The Balaban J connectivity index is 2.85. The number of carbonyl (C=O) groups excluding carboxylic acids is 1. The van der Waals surface area contributed by atoms with Gasteiger partial charge in [0.15, 0.2) is 5.72 Å². The standard InChI is InChI=1S/C9H15NO2/c1-4-7-5-6-8(11)12-9(7,2)10-3/h4,10H,5-6H2,1-3H3/b7-4+. The summed E-state index contributed by atoms with van der Waals surface area (Å²) in [6.45, 7) is 3.84. The van der Waals surface area contributed by atoms with Crippen molar-refractivity contribution in [2.45, 2.75) is 32.4 Å². The smallest absolute Gasteiger partial charge is 0.308 e. The van der Waals surface area contributed by atoms with Crippen molar-refractivity contribution in [2.75, 3.05) is 7.05 Å². The van der Waals surface area contributed by atoms with Crippen LogP contribution in [0.15, 0.2) is 11.6 Å². The van der Waals surface area contributed by atoms with E-state index in [9.17, 15) is 4.79 Å². The molecule has 1 atom stereocenters. The zero-order chi connectivity index (χ0) is 9.19. The molecule has 3 heteroatoms. The third-order valence-corrected chi connectivity index (χ3v) is 2.35. The second-order valence-corrected chi connectivity index (χ2v) is 3.07. The number of ether oxygens (including phenoxy) is 1. The number of hydrogen-bond donors (Lipinski definition) is 1. The summed E-state index contributed by atoms with van der Waals surface area (Å²) in [7, 11) is 1.79. The van der Waals surface area contributed by atoms with E-state index in [1.807, 2.05) is 19.9 Å². The lowest BCUT2D eigenvalue weighted by Gasteiger charge is -2.35. The van der Waals surface area contributed by atoms with Gasteiger partial charge < -0.3 is 4.74 Å². The second kappa shape index (κ2) is 3.27. The Morgan fingerprint density at radius 2 is 2.25 bits per heavy atom. The maximum atomic E-state index is 11.0. The van der Waals surface area contributed by atoms with E-state index in [1.165, 1.54) is 0 Å². The van der Waals surface area contributed by atoms with E-state index in [0.717, 1.165) is 12.0 Å². The monoisotopic (exact) mass is 169 g/mol. The van der Waals surface area contributed by atoms with Crippen molar-refractivity contribution >= 4 is 5.97 Å². The molecule has 0 amide bonds. The Kier molecular flexibility index (Phi) is 2.52. The molecule has 3 nitrogen and oxygen atoms in total. The van der Waals surface area contributed by atoms with Crippen LogP contribution >= 0.6 is 0 Å².